The Morgan fingerprint density at radius 3 is 2.60 bits per heavy atom. The van der Waals surface area contributed by atoms with Crippen LogP contribution < -0.4 is 9.64 Å². The van der Waals surface area contributed by atoms with Crippen molar-refractivity contribution in [2.45, 2.75) is 6.92 Å². The number of fused-ring (bicyclic) bond motifs is 1. The summed E-state index contributed by atoms with van der Waals surface area (Å²) in [6, 6.07) is 7.75. The van der Waals surface area contributed by atoms with Crippen LogP contribution in [0.25, 0.3) is 11.1 Å². The van der Waals surface area contributed by atoms with E-state index in [-0.39, 0.29) is 0 Å². The third-order valence-electron chi connectivity index (χ3n) is 3.20. The minimum atomic E-state index is 0.493. The molecular weight excluding hydrogens is 256 g/mol. The lowest BCUT2D eigenvalue weighted by molar-refractivity contribution is 0.415. The van der Waals surface area contributed by atoms with Crippen LogP contribution in [0.1, 0.15) is 5.69 Å². The first-order chi connectivity index (χ1) is 9.70. The zero-order valence-corrected chi connectivity index (χ0v) is 11.5. The van der Waals surface area contributed by atoms with Crippen LogP contribution in [0.4, 0.5) is 11.5 Å². The van der Waals surface area contributed by atoms with Crippen LogP contribution in [0, 0.1) is 6.92 Å². The Hall–Kier alpha value is -2.63. The minimum Gasteiger partial charge on any atom is -0.497 e. The number of methoxy groups -OCH3 is 1. The van der Waals surface area contributed by atoms with Crippen molar-refractivity contribution in [3.63, 3.8) is 0 Å². The third-order valence-corrected chi connectivity index (χ3v) is 3.20. The summed E-state index contributed by atoms with van der Waals surface area (Å²) in [6.07, 6.45) is 1.47. The number of rotatable bonds is 3. The molecule has 0 fully saturated rings. The Balaban J connectivity index is 2.07. The van der Waals surface area contributed by atoms with Crippen LogP contribution in [-0.2, 0) is 0 Å². The summed E-state index contributed by atoms with van der Waals surface area (Å²) in [7, 11) is 3.59. The van der Waals surface area contributed by atoms with E-state index in [1.807, 2.05) is 43.1 Å². The normalized spacial score (nSPS) is 10.8. The molecule has 0 radical (unpaired) electrons. The molecule has 0 atom stereocenters. The Labute approximate surface area is 116 Å². The number of hydrogen-bond acceptors (Lipinski definition) is 6. The van der Waals surface area contributed by atoms with Crippen molar-refractivity contribution in [3.8, 4) is 5.75 Å². The van der Waals surface area contributed by atoms with Crippen LogP contribution >= 0.6 is 0 Å². The smallest absolute Gasteiger partial charge is 0.263 e. The van der Waals surface area contributed by atoms with E-state index in [0.717, 1.165) is 28.3 Å². The molecule has 1 aromatic carbocycles. The number of ether oxygens (including phenoxy) is 1. The molecule has 2 aromatic heterocycles. The molecular formula is C14H14N4O2. The topological polar surface area (TPSA) is 64.3 Å². The zero-order chi connectivity index (χ0) is 14.1. The first-order valence-corrected chi connectivity index (χ1v) is 6.15. The Kier molecular flexibility index (Phi) is 2.98. The van der Waals surface area contributed by atoms with Gasteiger partial charge in [0, 0.05) is 12.7 Å². The van der Waals surface area contributed by atoms with Crippen LogP contribution in [0.15, 0.2) is 35.1 Å². The zero-order valence-electron chi connectivity index (χ0n) is 11.5. The van der Waals surface area contributed by atoms with Crippen LogP contribution in [0.3, 0.4) is 0 Å². The van der Waals surface area contributed by atoms with Crippen molar-refractivity contribution < 1.29 is 9.26 Å². The second-order valence-corrected chi connectivity index (χ2v) is 4.40. The molecule has 0 saturated heterocycles. The summed E-state index contributed by atoms with van der Waals surface area (Å²) in [6.45, 7) is 1.88. The SMILES string of the molecule is COc1ccc(N(C)c2ncnc3onc(C)c23)cc1. The first kappa shape index (κ1) is 12.4. The maximum absolute atomic E-state index is 5.16. The molecule has 20 heavy (non-hydrogen) atoms. The van der Waals surface area contributed by atoms with Crippen molar-refractivity contribution >= 4 is 22.6 Å². The van der Waals surface area contributed by atoms with Gasteiger partial charge in [-0.2, -0.15) is 4.98 Å². The van der Waals surface area contributed by atoms with Gasteiger partial charge in [0.05, 0.1) is 12.8 Å². The second-order valence-electron chi connectivity index (χ2n) is 4.40. The van der Waals surface area contributed by atoms with Crippen LogP contribution in [-0.4, -0.2) is 29.3 Å². The summed E-state index contributed by atoms with van der Waals surface area (Å²) >= 11 is 0. The highest BCUT2D eigenvalue weighted by atomic mass is 16.5. The average molecular weight is 270 g/mol. The fourth-order valence-corrected chi connectivity index (χ4v) is 2.09. The Bertz CT molecular complexity index is 737. The van der Waals surface area contributed by atoms with E-state index in [0.29, 0.717) is 5.71 Å². The molecule has 3 rings (SSSR count). The predicted octanol–water partition coefficient (Wildman–Crippen LogP) is 2.70. The van der Waals surface area contributed by atoms with E-state index in [1.54, 1.807) is 7.11 Å². The summed E-state index contributed by atoms with van der Waals surface area (Å²) in [5.41, 5.74) is 2.26. The third kappa shape index (κ3) is 1.95. The van der Waals surface area contributed by atoms with Gasteiger partial charge in [-0.05, 0) is 31.2 Å². The van der Waals surface area contributed by atoms with Crippen molar-refractivity contribution in [2.24, 2.45) is 0 Å². The quantitative estimate of drug-likeness (QED) is 0.729. The lowest BCUT2D eigenvalue weighted by atomic mass is 10.2. The van der Waals surface area contributed by atoms with Gasteiger partial charge in [-0.15, -0.1) is 0 Å². The van der Waals surface area contributed by atoms with Crippen LogP contribution in [0.2, 0.25) is 0 Å². The monoisotopic (exact) mass is 270 g/mol. The lowest BCUT2D eigenvalue weighted by Gasteiger charge is -2.18. The van der Waals surface area contributed by atoms with Crippen molar-refractivity contribution in [3.05, 3.63) is 36.3 Å². The highest BCUT2D eigenvalue weighted by molar-refractivity contribution is 5.89. The number of benzene rings is 1. The summed E-state index contributed by atoms with van der Waals surface area (Å²) in [5, 5.41) is 4.76. The standard InChI is InChI=1S/C14H14N4O2/c1-9-12-13(15-8-16-14(12)20-17-9)18(2)10-4-6-11(19-3)7-5-10/h4-8H,1-3H3. The van der Waals surface area contributed by atoms with E-state index < -0.39 is 0 Å². The molecule has 6 nitrogen and oxygen atoms in total. The van der Waals surface area contributed by atoms with Crippen LogP contribution in [0.5, 0.6) is 5.75 Å². The van der Waals surface area contributed by atoms with Gasteiger partial charge >= 0.3 is 0 Å². The molecule has 0 aliphatic carbocycles. The van der Waals surface area contributed by atoms with Gasteiger partial charge in [-0.1, -0.05) is 5.16 Å². The van der Waals surface area contributed by atoms with E-state index in [4.69, 9.17) is 9.26 Å². The maximum atomic E-state index is 5.16. The molecule has 0 amide bonds. The van der Waals surface area contributed by atoms with Gasteiger partial charge in [-0.3, -0.25) is 0 Å². The van der Waals surface area contributed by atoms with Gasteiger partial charge in [0.1, 0.15) is 23.3 Å². The van der Waals surface area contributed by atoms with Crippen molar-refractivity contribution in [1.82, 2.24) is 15.1 Å². The molecule has 0 aliphatic rings. The maximum Gasteiger partial charge on any atom is 0.263 e. The van der Waals surface area contributed by atoms with Gasteiger partial charge in [-0.25, -0.2) is 4.98 Å². The van der Waals surface area contributed by atoms with Gasteiger partial charge in [0.2, 0.25) is 0 Å². The van der Waals surface area contributed by atoms with E-state index in [9.17, 15) is 0 Å². The molecule has 3 aromatic rings. The van der Waals surface area contributed by atoms with E-state index in [2.05, 4.69) is 15.1 Å². The molecule has 2 heterocycles. The summed E-state index contributed by atoms with van der Waals surface area (Å²) < 4.78 is 10.3. The summed E-state index contributed by atoms with van der Waals surface area (Å²) in [4.78, 5) is 10.4. The predicted molar refractivity (Wildman–Crippen MR) is 75.4 cm³/mol. The lowest BCUT2D eigenvalue weighted by Crippen LogP contribution is -2.11. The number of aromatic nitrogens is 3. The Morgan fingerprint density at radius 2 is 1.90 bits per heavy atom. The Morgan fingerprint density at radius 1 is 1.15 bits per heavy atom. The highest BCUT2D eigenvalue weighted by Crippen LogP contribution is 2.30. The molecule has 0 aliphatic heterocycles. The van der Waals surface area contributed by atoms with E-state index >= 15 is 0 Å². The molecule has 0 unspecified atom stereocenters. The molecule has 0 bridgehead atoms. The number of anilines is 2. The average Bonchev–Trinajstić information content (AvgIpc) is 2.88. The number of nitrogens with zero attached hydrogens (tertiary/aromatic N) is 4. The van der Waals surface area contributed by atoms with Gasteiger partial charge in [0.15, 0.2) is 0 Å². The van der Waals surface area contributed by atoms with Crippen molar-refractivity contribution in [2.75, 3.05) is 19.1 Å². The first-order valence-electron chi connectivity index (χ1n) is 6.15. The number of hydrogen-bond donors (Lipinski definition) is 0. The summed E-state index contributed by atoms with van der Waals surface area (Å²) in [5.74, 6) is 1.58. The highest BCUT2D eigenvalue weighted by Gasteiger charge is 2.16. The molecule has 0 saturated carbocycles. The molecule has 0 N–H and O–H groups in total. The molecule has 102 valence electrons. The minimum absolute atomic E-state index is 0.493. The largest absolute Gasteiger partial charge is 0.497 e. The fourth-order valence-electron chi connectivity index (χ4n) is 2.09. The molecule has 0 spiro atoms. The van der Waals surface area contributed by atoms with E-state index in [1.165, 1.54) is 6.33 Å². The fraction of sp³-hybridized carbons (Fsp3) is 0.214. The van der Waals surface area contributed by atoms with Gasteiger partial charge in [0.25, 0.3) is 5.71 Å². The van der Waals surface area contributed by atoms with Crippen molar-refractivity contribution in [1.29, 1.82) is 0 Å². The molecule has 6 heteroatoms. The van der Waals surface area contributed by atoms with Gasteiger partial charge < -0.3 is 14.2 Å². The second kappa shape index (κ2) is 4.80. The number of aryl methyl sites for hydroxylation is 1.